The zero-order chi connectivity index (χ0) is 18.5. The molecule has 5 unspecified atom stereocenters. The number of rotatable bonds is 5. The lowest BCUT2D eigenvalue weighted by atomic mass is 9.89. The molecule has 1 saturated heterocycles. The number of ether oxygens (including phenoxy) is 2. The highest BCUT2D eigenvalue weighted by atomic mass is 32.2. The molecule has 4 rings (SSSR count). The van der Waals surface area contributed by atoms with Crippen LogP contribution in [0.1, 0.15) is 44.9 Å². The predicted octanol–water partition coefficient (Wildman–Crippen LogP) is 1.38. The van der Waals surface area contributed by atoms with Crippen molar-refractivity contribution in [2.24, 2.45) is 11.8 Å². The number of nitrogens with zero attached hydrogens (tertiary/aromatic N) is 1. The van der Waals surface area contributed by atoms with E-state index in [4.69, 9.17) is 9.47 Å². The van der Waals surface area contributed by atoms with Gasteiger partial charge in [0.2, 0.25) is 10.0 Å². The average molecular weight is 383 g/mol. The van der Waals surface area contributed by atoms with Crippen LogP contribution in [0.2, 0.25) is 0 Å². The van der Waals surface area contributed by atoms with E-state index in [-0.39, 0.29) is 29.2 Å². The van der Waals surface area contributed by atoms with Gasteiger partial charge >= 0.3 is 11.9 Å². The van der Waals surface area contributed by atoms with E-state index in [0.717, 1.165) is 44.6 Å². The highest BCUT2D eigenvalue weighted by Crippen LogP contribution is 2.58. The minimum atomic E-state index is -3.33. The Kier molecular flexibility index (Phi) is 4.59. The Bertz CT molecular complexity index is 713. The maximum Gasteiger partial charge on any atom is 0.344 e. The first-order chi connectivity index (χ1) is 12.4. The second kappa shape index (κ2) is 6.64. The molecule has 0 amide bonds. The number of hydrogen-bond donors (Lipinski definition) is 0. The van der Waals surface area contributed by atoms with Crippen molar-refractivity contribution >= 4 is 22.0 Å². The van der Waals surface area contributed by atoms with Crippen LogP contribution in [0.4, 0.5) is 0 Å². The van der Waals surface area contributed by atoms with E-state index in [1.807, 2.05) is 0 Å². The van der Waals surface area contributed by atoms with Crippen LogP contribution in [0.25, 0.3) is 0 Å². The van der Waals surface area contributed by atoms with Crippen LogP contribution < -0.4 is 0 Å². The third-order valence-corrected chi connectivity index (χ3v) is 8.94. The Morgan fingerprint density at radius 1 is 1.15 bits per heavy atom. The summed E-state index contributed by atoms with van der Waals surface area (Å²) in [7, 11) is -3.33. The molecule has 0 radical (unpaired) electrons. The van der Waals surface area contributed by atoms with E-state index in [2.05, 4.69) is 6.58 Å². The maximum atomic E-state index is 13.1. The second-order valence-electron chi connectivity index (χ2n) is 7.86. The van der Waals surface area contributed by atoms with Crippen LogP contribution in [0, 0.1) is 11.8 Å². The molecule has 0 aromatic rings. The molecule has 0 N–H and O–H groups in total. The smallest absolute Gasteiger partial charge is 0.344 e. The zero-order valence-electron chi connectivity index (χ0n) is 14.7. The molecule has 144 valence electrons. The van der Waals surface area contributed by atoms with Gasteiger partial charge in [0.25, 0.3) is 0 Å². The molecule has 0 aromatic carbocycles. The number of sulfonamides is 1. The molecule has 8 heteroatoms. The molecule has 26 heavy (non-hydrogen) atoms. The van der Waals surface area contributed by atoms with Crippen LogP contribution in [0.3, 0.4) is 0 Å². The zero-order valence-corrected chi connectivity index (χ0v) is 15.5. The van der Waals surface area contributed by atoms with Crippen molar-refractivity contribution in [1.82, 2.24) is 4.31 Å². The van der Waals surface area contributed by atoms with Crippen molar-refractivity contribution in [2.75, 3.05) is 6.61 Å². The van der Waals surface area contributed by atoms with Crippen LogP contribution in [0.5, 0.6) is 0 Å². The quantitative estimate of drug-likeness (QED) is 0.526. The van der Waals surface area contributed by atoms with Crippen molar-refractivity contribution in [3.63, 3.8) is 0 Å². The maximum absolute atomic E-state index is 13.1. The summed E-state index contributed by atoms with van der Waals surface area (Å²) in [5.41, 5.74) is 0. The molecule has 3 saturated carbocycles. The van der Waals surface area contributed by atoms with Gasteiger partial charge in [0, 0.05) is 12.1 Å². The van der Waals surface area contributed by atoms with Gasteiger partial charge in [-0.3, -0.25) is 0 Å². The van der Waals surface area contributed by atoms with Gasteiger partial charge in [-0.1, -0.05) is 25.8 Å². The van der Waals surface area contributed by atoms with E-state index in [9.17, 15) is 18.0 Å². The Morgan fingerprint density at radius 3 is 2.58 bits per heavy atom. The molecular weight excluding hydrogens is 358 g/mol. The van der Waals surface area contributed by atoms with Gasteiger partial charge in [-0.05, 0) is 37.5 Å². The van der Waals surface area contributed by atoms with Crippen molar-refractivity contribution < 1.29 is 27.5 Å². The lowest BCUT2D eigenvalue weighted by molar-refractivity contribution is -0.164. The summed E-state index contributed by atoms with van der Waals surface area (Å²) in [5.74, 6) is -1.16. The Balaban J connectivity index is 1.52. The number of fused-ring (bicyclic) bond motifs is 1. The Morgan fingerprint density at radius 2 is 1.88 bits per heavy atom. The fourth-order valence-corrected chi connectivity index (χ4v) is 8.31. The molecule has 3 aliphatic carbocycles. The van der Waals surface area contributed by atoms with Crippen molar-refractivity contribution in [2.45, 2.75) is 68.4 Å². The van der Waals surface area contributed by atoms with Gasteiger partial charge in [0.1, 0.15) is 6.10 Å². The van der Waals surface area contributed by atoms with E-state index < -0.39 is 34.7 Å². The summed E-state index contributed by atoms with van der Waals surface area (Å²) in [4.78, 5) is 23.2. The van der Waals surface area contributed by atoms with Crippen molar-refractivity contribution in [3.8, 4) is 0 Å². The summed E-state index contributed by atoms with van der Waals surface area (Å²) in [6.07, 6.45) is 6.94. The molecule has 1 aliphatic heterocycles. The summed E-state index contributed by atoms with van der Waals surface area (Å²) < 4.78 is 38.3. The minimum Gasteiger partial charge on any atom is -0.458 e. The van der Waals surface area contributed by atoms with Crippen LogP contribution in [-0.2, 0) is 29.1 Å². The third kappa shape index (κ3) is 2.78. The first kappa shape index (κ1) is 18.0. The normalized spacial score (nSPS) is 38.2. The van der Waals surface area contributed by atoms with E-state index in [0.29, 0.717) is 6.42 Å². The van der Waals surface area contributed by atoms with Crippen LogP contribution in [0.15, 0.2) is 12.7 Å². The van der Waals surface area contributed by atoms with Crippen molar-refractivity contribution in [1.29, 1.82) is 0 Å². The largest absolute Gasteiger partial charge is 0.458 e. The summed E-state index contributed by atoms with van der Waals surface area (Å²) in [6.45, 7) is 2.81. The van der Waals surface area contributed by atoms with Gasteiger partial charge in [0.15, 0.2) is 6.61 Å². The van der Waals surface area contributed by atoms with Crippen molar-refractivity contribution in [3.05, 3.63) is 12.7 Å². The summed E-state index contributed by atoms with van der Waals surface area (Å²) in [5, 5.41) is -0.312. The number of esters is 2. The predicted molar refractivity (Wildman–Crippen MR) is 92.5 cm³/mol. The molecule has 5 atom stereocenters. The fraction of sp³-hybridized carbons (Fsp3) is 0.778. The molecular formula is C18H25NO6S. The monoisotopic (exact) mass is 383 g/mol. The number of carbonyl (C=O) groups is 2. The van der Waals surface area contributed by atoms with Gasteiger partial charge in [-0.25, -0.2) is 18.0 Å². The molecule has 4 fully saturated rings. The lowest BCUT2D eigenvalue weighted by Crippen LogP contribution is -2.49. The molecule has 1 heterocycles. The second-order valence-corrected chi connectivity index (χ2v) is 9.91. The lowest BCUT2D eigenvalue weighted by Gasteiger charge is -2.36. The first-order valence-corrected chi connectivity index (χ1v) is 10.9. The fourth-order valence-electron chi connectivity index (χ4n) is 5.55. The minimum absolute atomic E-state index is 0.0305. The van der Waals surface area contributed by atoms with Gasteiger partial charge < -0.3 is 9.47 Å². The Labute approximate surface area is 153 Å². The van der Waals surface area contributed by atoms with E-state index in [1.165, 1.54) is 0 Å². The average Bonchev–Trinajstić information content (AvgIpc) is 3.24. The van der Waals surface area contributed by atoms with Gasteiger partial charge in [-0.15, -0.1) is 0 Å². The highest BCUT2D eigenvalue weighted by Gasteiger charge is 2.68. The van der Waals surface area contributed by atoms with E-state index in [1.54, 1.807) is 4.31 Å². The number of carbonyl (C=O) groups excluding carboxylic acids is 2. The van der Waals surface area contributed by atoms with E-state index >= 15 is 0 Å². The molecule has 4 aliphatic rings. The standard InChI is InChI=1S/C18H25NO6S/c1-2-15(20)24-10-16(21)25-18-11-8-13-14(9-11)26(22,23)19(17(13)18)12-6-4-3-5-7-12/h2,11-14,17-18H,1,3-10H2. The summed E-state index contributed by atoms with van der Waals surface area (Å²) in [6, 6.07) is -0.214. The van der Waals surface area contributed by atoms with Crippen LogP contribution >= 0.6 is 0 Å². The van der Waals surface area contributed by atoms with Gasteiger partial charge in [0.05, 0.1) is 11.3 Å². The topological polar surface area (TPSA) is 90.0 Å². The molecule has 2 bridgehead atoms. The number of hydrogen-bond acceptors (Lipinski definition) is 6. The summed E-state index contributed by atoms with van der Waals surface area (Å²) >= 11 is 0. The molecule has 0 aromatic heterocycles. The molecule has 7 nitrogen and oxygen atoms in total. The third-order valence-electron chi connectivity index (χ3n) is 6.50. The highest BCUT2D eigenvalue weighted by molar-refractivity contribution is 7.90. The Hall–Kier alpha value is -1.41. The molecule has 0 spiro atoms. The SMILES string of the molecule is C=CC(=O)OCC(=O)OC1C2CC3C1N(C1CCCCC1)S(=O)(=O)C3C2. The first-order valence-electron chi connectivity index (χ1n) is 9.44. The van der Waals surface area contributed by atoms with Gasteiger partial charge in [-0.2, -0.15) is 4.31 Å². The van der Waals surface area contributed by atoms with Crippen LogP contribution in [-0.4, -0.2) is 54.7 Å².